The predicted molar refractivity (Wildman–Crippen MR) is 73.6 cm³/mol. The van der Waals surface area contributed by atoms with E-state index in [1.165, 1.54) is 0 Å². The first kappa shape index (κ1) is 14.4. The van der Waals surface area contributed by atoms with E-state index in [1.54, 1.807) is 19.0 Å². The molecule has 0 fully saturated rings. The third-order valence-electron chi connectivity index (χ3n) is 2.92. The molecule has 0 aliphatic rings. The molecule has 0 aliphatic carbocycles. The van der Waals surface area contributed by atoms with Crippen molar-refractivity contribution in [3.05, 3.63) is 23.0 Å². The lowest BCUT2D eigenvalue weighted by Crippen LogP contribution is -2.35. The van der Waals surface area contributed by atoms with Crippen LogP contribution in [0.3, 0.4) is 0 Å². The van der Waals surface area contributed by atoms with Gasteiger partial charge in [0.15, 0.2) is 0 Å². The van der Waals surface area contributed by atoms with E-state index in [9.17, 15) is 4.79 Å². The van der Waals surface area contributed by atoms with Crippen LogP contribution in [0.4, 0.5) is 5.69 Å². The largest absolute Gasteiger partial charge is 0.365 e. The number of pyridine rings is 1. The van der Waals surface area contributed by atoms with Gasteiger partial charge in [0.25, 0.3) is 0 Å². The van der Waals surface area contributed by atoms with Gasteiger partial charge in [-0.1, -0.05) is 0 Å². The summed E-state index contributed by atoms with van der Waals surface area (Å²) in [6.07, 6.45) is 0. The maximum atomic E-state index is 11.7. The minimum Gasteiger partial charge on any atom is -0.365 e. The molecule has 0 spiro atoms. The Labute approximate surface area is 109 Å². The monoisotopic (exact) mass is 250 g/mol. The summed E-state index contributed by atoms with van der Waals surface area (Å²) in [6, 6.07) is 1.97. The normalized spacial score (nSPS) is 10.3. The van der Waals surface area contributed by atoms with Gasteiger partial charge in [0.2, 0.25) is 5.91 Å². The van der Waals surface area contributed by atoms with Crippen LogP contribution in [0, 0.1) is 13.8 Å². The zero-order valence-corrected chi connectivity index (χ0v) is 11.8. The number of nitrogens with zero attached hydrogens (tertiary/aromatic N) is 3. The first-order valence-electron chi connectivity index (χ1n) is 5.95. The van der Waals surface area contributed by atoms with Crippen LogP contribution < -0.4 is 10.6 Å². The molecule has 0 atom stereocenters. The number of aryl methyl sites for hydroxylation is 2. The molecule has 0 aliphatic heterocycles. The summed E-state index contributed by atoms with van der Waals surface area (Å²) < 4.78 is 0. The van der Waals surface area contributed by atoms with E-state index >= 15 is 0 Å². The highest BCUT2D eigenvalue weighted by atomic mass is 16.2. The lowest BCUT2D eigenvalue weighted by atomic mass is 10.1. The third-order valence-corrected chi connectivity index (χ3v) is 2.92. The number of hydrogen-bond donors (Lipinski definition) is 1. The van der Waals surface area contributed by atoms with Crippen LogP contribution in [0.5, 0.6) is 0 Å². The average molecular weight is 250 g/mol. The molecule has 2 N–H and O–H groups in total. The zero-order valence-electron chi connectivity index (χ0n) is 11.8. The van der Waals surface area contributed by atoms with Gasteiger partial charge in [-0.05, 0) is 19.9 Å². The summed E-state index contributed by atoms with van der Waals surface area (Å²) in [5, 5.41) is 0. The molecule has 0 radical (unpaired) electrons. The molecule has 100 valence electrons. The van der Waals surface area contributed by atoms with Crippen molar-refractivity contribution in [1.29, 1.82) is 0 Å². The molecule has 1 amide bonds. The van der Waals surface area contributed by atoms with Crippen LogP contribution in [0.25, 0.3) is 0 Å². The molecule has 0 saturated heterocycles. The van der Waals surface area contributed by atoms with Gasteiger partial charge < -0.3 is 15.5 Å². The molecule has 18 heavy (non-hydrogen) atoms. The molecule has 0 unspecified atom stereocenters. The van der Waals surface area contributed by atoms with Crippen LogP contribution in [0.2, 0.25) is 0 Å². The second kappa shape index (κ2) is 5.82. The van der Waals surface area contributed by atoms with Gasteiger partial charge in [-0.25, -0.2) is 0 Å². The van der Waals surface area contributed by atoms with E-state index in [0.717, 1.165) is 22.6 Å². The highest BCUT2D eigenvalue weighted by Gasteiger charge is 2.14. The molecule has 0 saturated carbocycles. The number of carbonyl (C=O) groups excluding carboxylic acids is 1. The highest BCUT2D eigenvalue weighted by Crippen LogP contribution is 2.22. The van der Waals surface area contributed by atoms with Gasteiger partial charge in [-0.2, -0.15) is 0 Å². The number of aromatic nitrogens is 1. The molecule has 5 nitrogen and oxygen atoms in total. The summed E-state index contributed by atoms with van der Waals surface area (Å²) in [5.41, 5.74) is 9.61. The molecule has 1 heterocycles. The number of amides is 1. The Morgan fingerprint density at radius 1 is 1.33 bits per heavy atom. The summed E-state index contributed by atoms with van der Waals surface area (Å²) in [7, 11) is 5.40. The van der Waals surface area contributed by atoms with Gasteiger partial charge in [-0.3, -0.25) is 9.78 Å². The molecule has 5 heteroatoms. The minimum atomic E-state index is 0.0626. The van der Waals surface area contributed by atoms with Crippen molar-refractivity contribution >= 4 is 11.6 Å². The summed E-state index contributed by atoms with van der Waals surface area (Å²) in [5.74, 6) is 0.0626. The van der Waals surface area contributed by atoms with Crippen molar-refractivity contribution in [2.45, 2.75) is 20.4 Å². The van der Waals surface area contributed by atoms with Crippen molar-refractivity contribution < 1.29 is 4.79 Å². The second-order valence-corrected chi connectivity index (χ2v) is 4.70. The molecule has 0 bridgehead atoms. The number of anilines is 1. The maximum absolute atomic E-state index is 11.7. The smallest absolute Gasteiger partial charge is 0.241 e. The van der Waals surface area contributed by atoms with E-state index in [2.05, 4.69) is 4.98 Å². The lowest BCUT2D eigenvalue weighted by molar-refractivity contribution is -0.127. The second-order valence-electron chi connectivity index (χ2n) is 4.70. The minimum absolute atomic E-state index is 0.0626. The van der Waals surface area contributed by atoms with Crippen molar-refractivity contribution in [3.8, 4) is 0 Å². The van der Waals surface area contributed by atoms with Crippen LogP contribution in [-0.2, 0) is 11.3 Å². The van der Waals surface area contributed by atoms with E-state index in [-0.39, 0.29) is 5.91 Å². The SMILES string of the molecule is Cc1cc(N(C)CC(=O)N(C)C)c(CN)c(C)n1. The van der Waals surface area contributed by atoms with E-state index in [4.69, 9.17) is 5.73 Å². The Hall–Kier alpha value is -1.62. The fourth-order valence-corrected chi connectivity index (χ4v) is 1.86. The summed E-state index contributed by atoms with van der Waals surface area (Å²) in [6.45, 7) is 4.65. The van der Waals surface area contributed by atoms with Crippen LogP contribution in [0.15, 0.2) is 6.07 Å². The van der Waals surface area contributed by atoms with E-state index in [0.29, 0.717) is 13.1 Å². The standard InChI is InChI=1S/C13H22N4O/c1-9-6-12(11(7-14)10(2)15-9)17(5)8-13(18)16(3)4/h6H,7-8,14H2,1-5H3. The Morgan fingerprint density at radius 2 is 1.94 bits per heavy atom. The highest BCUT2D eigenvalue weighted by molar-refractivity contribution is 5.81. The molecular formula is C13H22N4O. The Balaban J connectivity index is 3.04. The fraction of sp³-hybridized carbons (Fsp3) is 0.538. The van der Waals surface area contributed by atoms with Crippen molar-refractivity contribution in [1.82, 2.24) is 9.88 Å². The van der Waals surface area contributed by atoms with E-state index in [1.807, 2.05) is 31.9 Å². The molecule has 1 aromatic heterocycles. The molecular weight excluding hydrogens is 228 g/mol. The molecule has 1 rings (SSSR count). The van der Waals surface area contributed by atoms with Crippen molar-refractivity contribution in [2.24, 2.45) is 5.73 Å². The third kappa shape index (κ3) is 3.20. The number of rotatable bonds is 4. The van der Waals surface area contributed by atoms with Crippen LogP contribution >= 0.6 is 0 Å². The van der Waals surface area contributed by atoms with Gasteiger partial charge in [0, 0.05) is 50.3 Å². The lowest BCUT2D eigenvalue weighted by Gasteiger charge is -2.24. The summed E-state index contributed by atoms with van der Waals surface area (Å²) >= 11 is 0. The van der Waals surface area contributed by atoms with Gasteiger partial charge in [0.1, 0.15) is 0 Å². The first-order valence-corrected chi connectivity index (χ1v) is 5.95. The number of likely N-dealkylation sites (N-methyl/N-ethyl adjacent to an activating group) is 2. The Bertz CT molecular complexity index is 443. The van der Waals surface area contributed by atoms with Gasteiger partial charge >= 0.3 is 0 Å². The van der Waals surface area contributed by atoms with Crippen molar-refractivity contribution in [2.75, 3.05) is 32.6 Å². The zero-order chi connectivity index (χ0) is 13.9. The summed E-state index contributed by atoms with van der Waals surface area (Å²) in [4.78, 5) is 19.6. The molecule has 1 aromatic rings. The van der Waals surface area contributed by atoms with Crippen molar-refractivity contribution in [3.63, 3.8) is 0 Å². The van der Waals surface area contributed by atoms with Gasteiger partial charge in [0.05, 0.1) is 6.54 Å². The first-order chi connectivity index (χ1) is 8.36. The topological polar surface area (TPSA) is 62.5 Å². The number of nitrogens with two attached hydrogens (primary N) is 1. The predicted octanol–water partition coefficient (Wildman–Crippen LogP) is 0.682. The van der Waals surface area contributed by atoms with Gasteiger partial charge in [-0.15, -0.1) is 0 Å². The van der Waals surface area contributed by atoms with E-state index < -0.39 is 0 Å². The Kier molecular flexibility index (Phi) is 4.67. The van der Waals surface area contributed by atoms with Crippen LogP contribution in [-0.4, -0.2) is 43.5 Å². The average Bonchev–Trinajstić information content (AvgIpc) is 2.27. The fourth-order valence-electron chi connectivity index (χ4n) is 1.86. The number of carbonyl (C=O) groups is 1. The number of hydrogen-bond acceptors (Lipinski definition) is 4. The van der Waals surface area contributed by atoms with Crippen LogP contribution in [0.1, 0.15) is 17.0 Å². The Morgan fingerprint density at radius 3 is 2.44 bits per heavy atom. The maximum Gasteiger partial charge on any atom is 0.241 e. The quantitative estimate of drug-likeness (QED) is 0.853. The molecule has 0 aromatic carbocycles.